The Morgan fingerprint density at radius 1 is 0.920 bits per heavy atom. The molecule has 0 saturated heterocycles. The van der Waals surface area contributed by atoms with Crippen LogP contribution < -0.4 is 10.2 Å². The molecule has 3 aromatic rings. The van der Waals surface area contributed by atoms with Crippen LogP contribution in [0.2, 0.25) is 0 Å². The summed E-state index contributed by atoms with van der Waals surface area (Å²) in [4.78, 5) is 12.0. The number of hydrogen-bond acceptors (Lipinski definition) is 4. The number of hydrogen-bond donors (Lipinski definition) is 1. The summed E-state index contributed by atoms with van der Waals surface area (Å²) in [7, 11) is 0. The molecule has 4 heteroatoms. The number of ether oxygens (including phenoxy) is 1. The number of nitrogens with one attached hydrogen (secondary N) is 1. The highest BCUT2D eigenvalue weighted by Crippen LogP contribution is 2.14. The van der Waals surface area contributed by atoms with Crippen LogP contribution >= 0.6 is 0 Å². The molecule has 0 bridgehead atoms. The van der Waals surface area contributed by atoms with Gasteiger partial charge in [0, 0.05) is 0 Å². The first-order chi connectivity index (χ1) is 12.2. The Morgan fingerprint density at radius 3 is 2.28 bits per heavy atom. The molecule has 4 nitrogen and oxygen atoms in total. The van der Waals surface area contributed by atoms with E-state index in [0.29, 0.717) is 11.3 Å². The van der Waals surface area contributed by atoms with Crippen LogP contribution in [0.5, 0.6) is 5.75 Å². The quantitative estimate of drug-likeness (QED) is 0.320. The fraction of sp³-hybridized carbons (Fsp3) is 0.0476. The number of benzene rings is 3. The summed E-state index contributed by atoms with van der Waals surface area (Å²) in [5.74, 6) is 0.126. The number of nitrogens with zero attached hydrogens (tertiary/aromatic N) is 1. The topological polar surface area (TPSA) is 50.7 Å². The minimum atomic E-state index is -0.372. The first-order valence-corrected chi connectivity index (χ1v) is 7.94. The number of carbonyl (C=O) groups excluding carboxylic acids is 1. The lowest BCUT2D eigenvalue weighted by atomic mass is 10.2. The van der Waals surface area contributed by atoms with E-state index in [0.717, 1.165) is 11.3 Å². The van der Waals surface area contributed by atoms with Gasteiger partial charge in [0.05, 0.1) is 17.5 Å². The molecule has 0 aliphatic rings. The fourth-order valence-electron chi connectivity index (χ4n) is 2.17. The Hall–Kier alpha value is -3.40. The first kappa shape index (κ1) is 16.5. The second kappa shape index (κ2) is 7.93. The average molecular weight is 330 g/mol. The minimum Gasteiger partial charge on any atom is -0.423 e. The third-order valence-electron chi connectivity index (χ3n) is 3.56. The zero-order valence-electron chi connectivity index (χ0n) is 13.8. The van der Waals surface area contributed by atoms with E-state index in [9.17, 15) is 4.79 Å². The van der Waals surface area contributed by atoms with Crippen LogP contribution in [0.4, 0.5) is 5.69 Å². The molecular weight excluding hydrogens is 312 g/mol. The van der Waals surface area contributed by atoms with E-state index < -0.39 is 0 Å². The van der Waals surface area contributed by atoms with Gasteiger partial charge in [-0.05, 0) is 61.0 Å². The summed E-state index contributed by atoms with van der Waals surface area (Å²) < 4.78 is 5.34. The highest BCUT2D eigenvalue weighted by molar-refractivity contribution is 5.91. The molecule has 0 unspecified atom stereocenters. The molecule has 0 atom stereocenters. The second-order valence-corrected chi connectivity index (χ2v) is 5.56. The monoisotopic (exact) mass is 330 g/mol. The van der Waals surface area contributed by atoms with Crippen LogP contribution in [0, 0.1) is 6.92 Å². The van der Waals surface area contributed by atoms with Crippen molar-refractivity contribution in [2.24, 2.45) is 5.10 Å². The lowest BCUT2D eigenvalue weighted by Crippen LogP contribution is -2.08. The Labute approximate surface area is 146 Å². The Bertz CT molecular complexity index is 855. The molecular formula is C21H18N2O2. The van der Waals surface area contributed by atoms with Crippen molar-refractivity contribution >= 4 is 17.9 Å². The maximum atomic E-state index is 12.0. The molecule has 0 saturated carbocycles. The van der Waals surface area contributed by atoms with Gasteiger partial charge in [0.25, 0.3) is 0 Å². The number of carbonyl (C=O) groups is 1. The first-order valence-electron chi connectivity index (χ1n) is 7.94. The van der Waals surface area contributed by atoms with Crippen LogP contribution in [-0.4, -0.2) is 12.2 Å². The molecule has 0 aromatic heterocycles. The highest BCUT2D eigenvalue weighted by atomic mass is 16.5. The second-order valence-electron chi connectivity index (χ2n) is 5.56. The maximum absolute atomic E-state index is 12.0. The summed E-state index contributed by atoms with van der Waals surface area (Å²) >= 11 is 0. The summed E-state index contributed by atoms with van der Waals surface area (Å²) in [5, 5.41) is 4.20. The van der Waals surface area contributed by atoms with Gasteiger partial charge in [0.15, 0.2) is 0 Å². The third-order valence-corrected chi connectivity index (χ3v) is 3.56. The number of esters is 1. The van der Waals surface area contributed by atoms with E-state index in [1.54, 1.807) is 42.6 Å². The van der Waals surface area contributed by atoms with Crippen molar-refractivity contribution in [1.82, 2.24) is 0 Å². The van der Waals surface area contributed by atoms with E-state index in [1.807, 2.05) is 49.4 Å². The van der Waals surface area contributed by atoms with Crippen molar-refractivity contribution in [3.63, 3.8) is 0 Å². The van der Waals surface area contributed by atoms with E-state index in [-0.39, 0.29) is 5.97 Å². The van der Waals surface area contributed by atoms with E-state index >= 15 is 0 Å². The Morgan fingerprint density at radius 2 is 1.60 bits per heavy atom. The van der Waals surface area contributed by atoms with Gasteiger partial charge in [-0.15, -0.1) is 0 Å². The number of aryl methyl sites for hydroxylation is 1. The average Bonchev–Trinajstić information content (AvgIpc) is 2.65. The Balaban J connectivity index is 1.57. The minimum absolute atomic E-state index is 0.372. The molecule has 1 N–H and O–H groups in total. The number of anilines is 1. The number of rotatable bonds is 5. The molecule has 0 aliphatic heterocycles. The molecule has 0 fully saturated rings. The van der Waals surface area contributed by atoms with Gasteiger partial charge in [-0.3, -0.25) is 5.43 Å². The molecule has 0 radical (unpaired) electrons. The van der Waals surface area contributed by atoms with E-state index in [1.165, 1.54) is 5.56 Å². The van der Waals surface area contributed by atoms with Crippen LogP contribution in [0.3, 0.4) is 0 Å². The summed E-state index contributed by atoms with van der Waals surface area (Å²) in [6, 6.07) is 24.1. The molecule has 25 heavy (non-hydrogen) atoms. The third kappa shape index (κ3) is 4.78. The summed E-state index contributed by atoms with van der Waals surface area (Å²) in [5.41, 5.74) is 6.53. The van der Waals surface area contributed by atoms with Crippen molar-refractivity contribution in [1.29, 1.82) is 0 Å². The summed E-state index contributed by atoms with van der Waals surface area (Å²) in [6.07, 6.45) is 1.71. The lowest BCUT2D eigenvalue weighted by Gasteiger charge is -2.04. The molecule has 0 amide bonds. The Kier molecular flexibility index (Phi) is 5.22. The zero-order chi connectivity index (χ0) is 17.5. The predicted octanol–water partition coefficient (Wildman–Crippen LogP) is 4.66. The standard InChI is InChI=1S/C21H18N2O2/c1-16-7-11-19(12-8-16)23-22-15-17-9-13-20(14-10-17)25-21(24)18-5-3-2-4-6-18/h2-15,23H,1H3/b22-15+. The van der Waals surface area contributed by atoms with E-state index in [4.69, 9.17) is 4.74 Å². The number of hydrazone groups is 1. The summed E-state index contributed by atoms with van der Waals surface area (Å²) in [6.45, 7) is 2.04. The van der Waals surface area contributed by atoms with Gasteiger partial charge in [-0.1, -0.05) is 35.9 Å². The van der Waals surface area contributed by atoms with Crippen molar-refractivity contribution in [3.8, 4) is 5.75 Å². The van der Waals surface area contributed by atoms with Gasteiger partial charge in [0.2, 0.25) is 0 Å². The van der Waals surface area contributed by atoms with Crippen molar-refractivity contribution in [2.75, 3.05) is 5.43 Å². The SMILES string of the molecule is Cc1ccc(N/N=C/c2ccc(OC(=O)c3ccccc3)cc2)cc1. The van der Waals surface area contributed by atoms with Gasteiger partial charge < -0.3 is 4.74 Å². The van der Waals surface area contributed by atoms with E-state index in [2.05, 4.69) is 10.5 Å². The lowest BCUT2D eigenvalue weighted by molar-refractivity contribution is 0.0735. The van der Waals surface area contributed by atoms with Gasteiger partial charge in [-0.2, -0.15) is 5.10 Å². The fourth-order valence-corrected chi connectivity index (χ4v) is 2.17. The zero-order valence-corrected chi connectivity index (χ0v) is 13.8. The van der Waals surface area contributed by atoms with Crippen LogP contribution in [0.25, 0.3) is 0 Å². The molecule has 124 valence electrons. The van der Waals surface area contributed by atoms with Gasteiger partial charge >= 0.3 is 5.97 Å². The van der Waals surface area contributed by atoms with Crippen molar-refractivity contribution in [2.45, 2.75) is 6.92 Å². The molecule has 3 rings (SSSR count). The highest BCUT2D eigenvalue weighted by Gasteiger charge is 2.07. The van der Waals surface area contributed by atoms with Crippen molar-refractivity contribution < 1.29 is 9.53 Å². The normalized spacial score (nSPS) is 10.6. The molecule has 0 spiro atoms. The molecule has 0 heterocycles. The largest absolute Gasteiger partial charge is 0.423 e. The predicted molar refractivity (Wildman–Crippen MR) is 100 cm³/mol. The van der Waals surface area contributed by atoms with Crippen LogP contribution in [0.1, 0.15) is 21.5 Å². The maximum Gasteiger partial charge on any atom is 0.343 e. The molecule has 3 aromatic carbocycles. The van der Waals surface area contributed by atoms with Crippen LogP contribution in [0.15, 0.2) is 84.0 Å². The van der Waals surface area contributed by atoms with Gasteiger partial charge in [0.1, 0.15) is 5.75 Å². The molecule has 0 aliphatic carbocycles. The van der Waals surface area contributed by atoms with Gasteiger partial charge in [-0.25, -0.2) is 4.79 Å². The van der Waals surface area contributed by atoms with Crippen molar-refractivity contribution in [3.05, 3.63) is 95.6 Å². The van der Waals surface area contributed by atoms with Crippen LogP contribution in [-0.2, 0) is 0 Å². The smallest absolute Gasteiger partial charge is 0.343 e.